The van der Waals surface area contributed by atoms with Gasteiger partial charge in [0.05, 0.1) is 6.54 Å². The van der Waals surface area contributed by atoms with Gasteiger partial charge in [0, 0.05) is 11.1 Å². The fraction of sp³-hybridized carbons (Fsp3) is 0.333. The molecule has 0 spiro atoms. The summed E-state index contributed by atoms with van der Waals surface area (Å²) in [6.07, 6.45) is 2.22. The third kappa shape index (κ3) is 3.77. The lowest BCUT2D eigenvalue weighted by molar-refractivity contribution is 0.263. The van der Waals surface area contributed by atoms with Crippen molar-refractivity contribution in [3.05, 3.63) is 87.0 Å². The molecule has 2 aromatic carbocycles. The standard InChI is InChI=1S/C24H26N6O/c1-16-12-19-14-20(24(31)25-21(19)13-17(16)2)22(29-10-6-7-11-29)23-26-27-28-30(23)15-18-8-4-3-5-9-18/h3-5,8-9,12-14,22H,6-7,10-11,15H2,1-2H3,(H,25,31)/t22-/m0/s1. The Morgan fingerprint density at radius 3 is 2.55 bits per heavy atom. The lowest BCUT2D eigenvalue weighted by Gasteiger charge is -2.26. The van der Waals surface area contributed by atoms with Gasteiger partial charge in [-0.2, -0.15) is 0 Å². The summed E-state index contributed by atoms with van der Waals surface area (Å²) in [6.45, 7) is 6.57. The van der Waals surface area contributed by atoms with E-state index in [1.54, 1.807) is 0 Å². The molecule has 1 aliphatic heterocycles. The number of benzene rings is 2. The highest BCUT2D eigenvalue weighted by atomic mass is 16.1. The molecular weight excluding hydrogens is 388 g/mol. The van der Waals surface area contributed by atoms with Crippen molar-refractivity contribution in [3.63, 3.8) is 0 Å². The van der Waals surface area contributed by atoms with Gasteiger partial charge in [-0.3, -0.25) is 9.69 Å². The molecule has 0 amide bonds. The van der Waals surface area contributed by atoms with Crippen molar-refractivity contribution >= 4 is 10.9 Å². The van der Waals surface area contributed by atoms with E-state index in [0.29, 0.717) is 17.9 Å². The first-order valence-electron chi connectivity index (χ1n) is 10.8. The number of tetrazole rings is 1. The molecule has 7 heteroatoms. The van der Waals surface area contributed by atoms with E-state index in [9.17, 15) is 4.79 Å². The second-order valence-corrected chi connectivity index (χ2v) is 8.40. The highest BCUT2D eigenvalue weighted by molar-refractivity contribution is 5.81. The average Bonchev–Trinajstić information content (AvgIpc) is 3.44. The van der Waals surface area contributed by atoms with Gasteiger partial charge in [-0.05, 0) is 90.5 Å². The van der Waals surface area contributed by atoms with E-state index < -0.39 is 0 Å². The third-order valence-electron chi connectivity index (χ3n) is 6.27. The Bertz CT molecular complexity index is 1270. The number of aromatic nitrogens is 5. The zero-order chi connectivity index (χ0) is 21.4. The minimum Gasteiger partial charge on any atom is -0.322 e. The molecule has 0 unspecified atom stereocenters. The summed E-state index contributed by atoms with van der Waals surface area (Å²) in [4.78, 5) is 18.7. The van der Waals surface area contributed by atoms with Crippen molar-refractivity contribution in [2.75, 3.05) is 13.1 Å². The molecule has 0 bridgehead atoms. The summed E-state index contributed by atoms with van der Waals surface area (Å²) in [5.74, 6) is 0.708. The molecule has 2 aromatic heterocycles. The normalized spacial score (nSPS) is 15.5. The number of aryl methyl sites for hydroxylation is 2. The number of nitrogens with one attached hydrogen (secondary N) is 1. The topological polar surface area (TPSA) is 79.7 Å². The summed E-state index contributed by atoms with van der Waals surface area (Å²) in [5.41, 5.74) is 4.97. The number of likely N-dealkylation sites (tertiary alicyclic amines) is 1. The highest BCUT2D eigenvalue weighted by Crippen LogP contribution is 2.30. The summed E-state index contributed by atoms with van der Waals surface area (Å²) >= 11 is 0. The van der Waals surface area contributed by atoms with Crippen LogP contribution in [-0.4, -0.2) is 43.2 Å². The van der Waals surface area contributed by atoms with Crippen LogP contribution in [0.25, 0.3) is 10.9 Å². The number of aromatic amines is 1. The molecule has 158 valence electrons. The molecular formula is C24H26N6O. The van der Waals surface area contributed by atoms with Gasteiger partial charge in [0.25, 0.3) is 5.56 Å². The maximum absolute atomic E-state index is 13.2. The molecule has 7 nitrogen and oxygen atoms in total. The Morgan fingerprint density at radius 1 is 1.03 bits per heavy atom. The van der Waals surface area contributed by atoms with Crippen LogP contribution in [0.15, 0.2) is 53.3 Å². The molecule has 1 atom stereocenters. The average molecular weight is 415 g/mol. The van der Waals surface area contributed by atoms with Gasteiger partial charge in [0.15, 0.2) is 5.82 Å². The first-order chi connectivity index (χ1) is 15.1. The van der Waals surface area contributed by atoms with E-state index in [4.69, 9.17) is 0 Å². The zero-order valence-electron chi connectivity index (χ0n) is 17.9. The number of pyridine rings is 1. The van der Waals surface area contributed by atoms with Gasteiger partial charge in [-0.25, -0.2) is 4.68 Å². The van der Waals surface area contributed by atoms with Crippen LogP contribution in [0.4, 0.5) is 0 Å². The van der Waals surface area contributed by atoms with E-state index in [-0.39, 0.29) is 11.6 Å². The Hall–Kier alpha value is -3.32. The van der Waals surface area contributed by atoms with E-state index in [2.05, 4.69) is 57.5 Å². The SMILES string of the molecule is Cc1cc2cc([C@@H](c3nnnn3Cc3ccccc3)N3CCCC3)c(=O)[nH]c2cc1C. The van der Waals surface area contributed by atoms with Crippen molar-refractivity contribution in [2.45, 2.75) is 39.3 Å². The molecule has 1 aliphatic rings. The number of hydrogen-bond acceptors (Lipinski definition) is 5. The molecule has 3 heterocycles. The minimum atomic E-state index is -0.282. The number of nitrogens with zero attached hydrogens (tertiary/aromatic N) is 5. The van der Waals surface area contributed by atoms with Gasteiger partial charge in [-0.1, -0.05) is 30.3 Å². The van der Waals surface area contributed by atoms with Crippen molar-refractivity contribution in [1.29, 1.82) is 0 Å². The predicted molar refractivity (Wildman–Crippen MR) is 120 cm³/mol. The van der Waals surface area contributed by atoms with Crippen LogP contribution in [0.1, 0.15) is 47.0 Å². The van der Waals surface area contributed by atoms with Gasteiger partial charge < -0.3 is 4.98 Å². The Balaban J connectivity index is 1.63. The Morgan fingerprint density at radius 2 is 1.77 bits per heavy atom. The lowest BCUT2D eigenvalue weighted by Crippen LogP contribution is -2.33. The highest BCUT2D eigenvalue weighted by Gasteiger charge is 2.32. The fourth-order valence-corrected chi connectivity index (χ4v) is 4.47. The van der Waals surface area contributed by atoms with Crippen LogP contribution in [0.3, 0.4) is 0 Å². The number of rotatable bonds is 5. The first kappa shape index (κ1) is 19.6. The van der Waals surface area contributed by atoms with Gasteiger partial charge in [0.1, 0.15) is 6.04 Å². The molecule has 1 fully saturated rings. The van der Waals surface area contributed by atoms with Crippen LogP contribution in [0.5, 0.6) is 0 Å². The van der Waals surface area contributed by atoms with Crippen molar-refractivity contribution in [2.24, 2.45) is 0 Å². The summed E-state index contributed by atoms with van der Waals surface area (Å²) in [5, 5.41) is 13.7. The molecule has 1 saturated heterocycles. The van der Waals surface area contributed by atoms with Gasteiger partial charge in [0.2, 0.25) is 0 Å². The van der Waals surface area contributed by atoms with Crippen LogP contribution in [0.2, 0.25) is 0 Å². The maximum atomic E-state index is 13.2. The molecule has 31 heavy (non-hydrogen) atoms. The van der Waals surface area contributed by atoms with Crippen molar-refractivity contribution in [1.82, 2.24) is 30.1 Å². The maximum Gasteiger partial charge on any atom is 0.253 e. The van der Waals surface area contributed by atoms with E-state index in [1.165, 1.54) is 11.1 Å². The molecule has 1 N–H and O–H groups in total. The molecule has 0 radical (unpaired) electrons. The third-order valence-corrected chi connectivity index (χ3v) is 6.27. The van der Waals surface area contributed by atoms with E-state index in [0.717, 1.165) is 42.4 Å². The van der Waals surface area contributed by atoms with Crippen LogP contribution >= 0.6 is 0 Å². The molecule has 0 saturated carbocycles. The Labute approximate surface area is 180 Å². The quantitative estimate of drug-likeness (QED) is 0.542. The second-order valence-electron chi connectivity index (χ2n) is 8.40. The molecule has 0 aliphatic carbocycles. The second kappa shape index (κ2) is 8.07. The van der Waals surface area contributed by atoms with Crippen LogP contribution in [-0.2, 0) is 6.54 Å². The predicted octanol–water partition coefficient (Wildman–Crippen LogP) is 3.36. The van der Waals surface area contributed by atoms with Crippen LogP contribution in [0, 0.1) is 13.8 Å². The monoisotopic (exact) mass is 414 g/mol. The first-order valence-corrected chi connectivity index (χ1v) is 10.8. The Kier molecular flexibility index (Phi) is 5.11. The minimum absolute atomic E-state index is 0.0816. The van der Waals surface area contributed by atoms with Gasteiger partial charge >= 0.3 is 0 Å². The van der Waals surface area contributed by atoms with E-state index >= 15 is 0 Å². The largest absolute Gasteiger partial charge is 0.322 e. The number of H-pyrrole nitrogens is 1. The van der Waals surface area contributed by atoms with Gasteiger partial charge in [-0.15, -0.1) is 5.10 Å². The number of hydrogen-bond donors (Lipinski definition) is 1. The van der Waals surface area contributed by atoms with E-state index in [1.807, 2.05) is 35.0 Å². The van der Waals surface area contributed by atoms with Crippen molar-refractivity contribution < 1.29 is 0 Å². The summed E-state index contributed by atoms with van der Waals surface area (Å²) in [6, 6.07) is 16.1. The molecule has 5 rings (SSSR count). The smallest absolute Gasteiger partial charge is 0.253 e. The number of fused-ring (bicyclic) bond motifs is 1. The fourth-order valence-electron chi connectivity index (χ4n) is 4.47. The molecule has 4 aromatic rings. The summed E-state index contributed by atoms with van der Waals surface area (Å²) < 4.78 is 1.82. The van der Waals surface area contributed by atoms with Crippen molar-refractivity contribution in [3.8, 4) is 0 Å². The van der Waals surface area contributed by atoms with Crippen LogP contribution < -0.4 is 5.56 Å². The lowest BCUT2D eigenvalue weighted by atomic mass is 10.0. The zero-order valence-corrected chi connectivity index (χ0v) is 17.9. The summed E-state index contributed by atoms with van der Waals surface area (Å²) in [7, 11) is 0.